The number of hydrogen-bond donors (Lipinski definition) is 1. The minimum atomic E-state index is -0.371. The van der Waals surface area contributed by atoms with Crippen molar-refractivity contribution in [3.05, 3.63) is 47.8 Å². The summed E-state index contributed by atoms with van der Waals surface area (Å²) >= 11 is 1.24. The molecule has 0 aliphatic heterocycles. The molecule has 1 heterocycles. The van der Waals surface area contributed by atoms with Crippen LogP contribution in [0.3, 0.4) is 0 Å². The van der Waals surface area contributed by atoms with Crippen LogP contribution in [0.4, 0.5) is 10.2 Å². The molecule has 7 heteroatoms. The van der Waals surface area contributed by atoms with E-state index in [9.17, 15) is 14.0 Å². The van der Waals surface area contributed by atoms with Crippen LogP contribution < -0.4 is 5.32 Å². The van der Waals surface area contributed by atoms with Crippen LogP contribution in [0.5, 0.6) is 0 Å². The topological polar surface area (TPSA) is 72.0 Å². The third-order valence-electron chi connectivity index (χ3n) is 3.36. The standard InChI is InChI=1S/C16H14FN3O2S/c17-12-5-3-10(4-6-12)13(21)9-23-15-8-7-14(19-20-15)18-16(22)11-1-2-11/h3-8,11H,1-2,9H2,(H,18,19,22). The van der Waals surface area contributed by atoms with E-state index in [4.69, 9.17) is 0 Å². The molecular weight excluding hydrogens is 317 g/mol. The molecule has 0 radical (unpaired) electrons. The van der Waals surface area contributed by atoms with Crippen LogP contribution >= 0.6 is 11.8 Å². The van der Waals surface area contributed by atoms with Gasteiger partial charge in [0.1, 0.15) is 10.8 Å². The van der Waals surface area contributed by atoms with Crippen molar-refractivity contribution >= 4 is 29.3 Å². The zero-order chi connectivity index (χ0) is 16.2. The molecule has 1 amide bonds. The average Bonchev–Trinajstić information content (AvgIpc) is 3.39. The second kappa shape index (κ2) is 6.87. The van der Waals surface area contributed by atoms with Gasteiger partial charge in [-0.25, -0.2) is 4.39 Å². The Labute approximate surface area is 136 Å². The number of anilines is 1. The van der Waals surface area contributed by atoms with Gasteiger partial charge in [0.2, 0.25) is 5.91 Å². The fourth-order valence-electron chi connectivity index (χ4n) is 1.90. The van der Waals surface area contributed by atoms with Gasteiger partial charge in [0.15, 0.2) is 11.6 Å². The van der Waals surface area contributed by atoms with Gasteiger partial charge in [-0.1, -0.05) is 11.8 Å². The first-order chi connectivity index (χ1) is 11.1. The molecule has 1 aromatic heterocycles. The van der Waals surface area contributed by atoms with Gasteiger partial charge in [0.25, 0.3) is 0 Å². The number of Topliss-reactive ketones (excluding diaryl/α,β-unsaturated/α-hetero) is 1. The van der Waals surface area contributed by atoms with Crippen molar-refractivity contribution in [1.82, 2.24) is 10.2 Å². The molecule has 1 aromatic carbocycles. The second-order valence-corrected chi connectivity index (χ2v) is 6.23. The molecule has 0 atom stereocenters. The Morgan fingerprint density at radius 3 is 2.48 bits per heavy atom. The molecular formula is C16H14FN3O2S. The second-order valence-electron chi connectivity index (χ2n) is 5.24. The number of amides is 1. The van der Waals surface area contributed by atoms with Crippen LogP contribution in [-0.4, -0.2) is 27.6 Å². The summed E-state index contributed by atoms with van der Waals surface area (Å²) in [6.07, 6.45) is 1.86. The van der Waals surface area contributed by atoms with E-state index in [1.165, 1.54) is 36.0 Å². The summed E-state index contributed by atoms with van der Waals surface area (Å²) in [5, 5.41) is 11.2. The van der Waals surface area contributed by atoms with E-state index in [2.05, 4.69) is 15.5 Å². The minimum absolute atomic E-state index is 0.0220. The summed E-state index contributed by atoms with van der Waals surface area (Å²) in [6, 6.07) is 8.81. The van der Waals surface area contributed by atoms with Gasteiger partial charge in [-0.05, 0) is 49.2 Å². The van der Waals surface area contributed by atoms with Crippen molar-refractivity contribution in [2.24, 2.45) is 5.92 Å². The van der Waals surface area contributed by atoms with E-state index in [-0.39, 0.29) is 29.2 Å². The molecule has 118 valence electrons. The molecule has 0 spiro atoms. The van der Waals surface area contributed by atoms with Gasteiger partial charge in [0.05, 0.1) is 5.75 Å². The molecule has 1 saturated carbocycles. The van der Waals surface area contributed by atoms with E-state index in [1.807, 2.05) is 0 Å². The van der Waals surface area contributed by atoms with Crippen LogP contribution in [0, 0.1) is 11.7 Å². The Morgan fingerprint density at radius 2 is 1.87 bits per heavy atom. The molecule has 3 rings (SSSR count). The summed E-state index contributed by atoms with van der Waals surface area (Å²) in [4.78, 5) is 23.6. The highest BCUT2D eigenvalue weighted by Gasteiger charge is 2.29. The van der Waals surface area contributed by atoms with Crippen molar-refractivity contribution < 1.29 is 14.0 Å². The summed E-state index contributed by atoms with van der Waals surface area (Å²) < 4.78 is 12.8. The average molecular weight is 331 g/mol. The predicted molar refractivity (Wildman–Crippen MR) is 84.8 cm³/mol. The van der Waals surface area contributed by atoms with Gasteiger partial charge in [-0.2, -0.15) is 0 Å². The maximum atomic E-state index is 12.8. The van der Waals surface area contributed by atoms with E-state index >= 15 is 0 Å². The fourth-order valence-corrected chi connectivity index (χ4v) is 2.60. The van der Waals surface area contributed by atoms with Crippen LogP contribution in [0.25, 0.3) is 0 Å². The molecule has 0 unspecified atom stereocenters. The zero-order valence-electron chi connectivity index (χ0n) is 12.2. The van der Waals surface area contributed by atoms with Crippen molar-refractivity contribution in [1.29, 1.82) is 0 Å². The number of hydrogen-bond acceptors (Lipinski definition) is 5. The Balaban J connectivity index is 1.52. The lowest BCUT2D eigenvalue weighted by Crippen LogP contribution is -2.14. The van der Waals surface area contributed by atoms with Crippen molar-refractivity contribution in [3.63, 3.8) is 0 Å². The molecule has 23 heavy (non-hydrogen) atoms. The van der Waals surface area contributed by atoms with Crippen molar-refractivity contribution in [2.45, 2.75) is 17.9 Å². The lowest BCUT2D eigenvalue weighted by molar-refractivity contribution is -0.117. The highest BCUT2D eigenvalue weighted by atomic mass is 32.2. The highest BCUT2D eigenvalue weighted by molar-refractivity contribution is 7.99. The van der Waals surface area contributed by atoms with Gasteiger partial charge < -0.3 is 5.32 Å². The fraction of sp³-hybridized carbons (Fsp3) is 0.250. The quantitative estimate of drug-likeness (QED) is 0.651. The number of rotatable bonds is 6. The Hall–Kier alpha value is -2.28. The number of aromatic nitrogens is 2. The van der Waals surface area contributed by atoms with E-state index in [0.717, 1.165) is 12.8 Å². The molecule has 1 N–H and O–H groups in total. The Morgan fingerprint density at radius 1 is 1.13 bits per heavy atom. The number of halogens is 1. The molecule has 1 aliphatic carbocycles. The normalized spacial score (nSPS) is 13.6. The van der Waals surface area contributed by atoms with Gasteiger partial charge in [0, 0.05) is 11.5 Å². The summed E-state index contributed by atoms with van der Waals surface area (Å²) in [7, 11) is 0. The molecule has 2 aromatic rings. The van der Waals surface area contributed by atoms with Gasteiger partial charge in [-0.15, -0.1) is 10.2 Å². The number of ketones is 1. The summed E-state index contributed by atoms with van der Waals surface area (Å²) in [5.41, 5.74) is 0.458. The van der Waals surface area contributed by atoms with E-state index in [0.29, 0.717) is 16.4 Å². The smallest absolute Gasteiger partial charge is 0.228 e. The molecule has 1 fully saturated rings. The predicted octanol–water partition coefficient (Wildman–Crippen LogP) is 2.94. The van der Waals surface area contributed by atoms with Crippen LogP contribution in [-0.2, 0) is 4.79 Å². The maximum Gasteiger partial charge on any atom is 0.228 e. The molecule has 1 aliphatic rings. The molecule has 0 bridgehead atoms. The number of thioether (sulfide) groups is 1. The first-order valence-electron chi connectivity index (χ1n) is 7.18. The number of nitrogens with zero attached hydrogens (tertiary/aromatic N) is 2. The Kier molecular flexibility index (Phi) is 4.66. The van der Waals surface area contributed by atoms with E-state index < -0.39 is 0 Å². The SMILES string of the molecule is O=C(CSc1ccc(NC(=O)C2CC2)nn1)c1ccc(F)cc1. The third kappa shape index (κ3) is 4.35. The minimum Gasteiger partial charge on any atom is -0.309 e. The van der Waals surface area contributed by atoms with E-state index in [1.54, 1.807) is 12.1 Å². The maximum absolute atomic E-state index is 12.8. The lowest BCUT2D eigenvalue weighted by Gasteiger charge is -2.04. The summed E-state index contributed by atoms with van der Waals surface area (Å²) in [6.45, 7) is 0. The first-order valence-corrected chi connectivity index (χ1v) is 8.16. The molecule has 5 nitrogen and oxygen atoms in total. The number of benzene rings is 1. The lowest BCUT2D eigenvalue weighted by atomic mass is 10.1. The largest absolute Gasteiger partial charge is 0.309 e. The monoisotopic (exact) mass is 331 g/mol. The van der Waals surface area contributed by atoms with Crippen LogP contribution in [0.1, 0.15) is 23.2 Å². The zero-order valence-corrected chi connectivity index (χ0v) is 13.0. The number of carbonyl (C=O) groups excluding carboxylic acids is 2. The Bertz CT molecular complexity index is 715. The van der Waals surface area contributed by atoms with Crippen molar-refractivity contribution in [3.8, 4) is 0 Å². The first kappa shape index (κ1) is 15.6. The van der Waals surface area contributed by atoms with Gasteiger partial charge >= 0.3 is 0 Å². The van der Waals surface area contributed by atoms with Crippen molar-refractivity contribution in [2.75, 3.05) is 11.1 Å². The highest BCUT2D eigenvalue weighted by Crippen LogP contribution is 2.30. The van der Waals surface area contributed by atoms with Crippen LogP contribution in [0.2, 0.25) is 0 Å². The van der Waals surface area contributed by atoms with Crippen LogP contribution in [0.15, 0.2) is 41.4 Å². The molecule has 0 saturated heterocycles. The number of nitrogens with one attached hydrogen (secondary N) is 1. The number of carbonyl (C=O) groups is 2. The van der Waals surface area contributed by atoms with Gasteiger partial charge in [-0.3, -0.25) is 9.59 Å². The third-order valence-corrected chi connectivity index (χ3v) is 4.28. The summed E-state index contributed by atoms with van der Waals surface area (Å²) in [5.74, 6) is 0.210.